The summed E-state index contributed by atoms with van der Waals surface area (Å²) in [6.07, 6.45) is 4.78. The fraction of sp³-hybridized carbons (Fsp3) is 0.182. The molecule has 4 aromatic rings. The summed E-state index contributed by atoms with van der Waals surface area (Å²) in [6, 6.07) is 5.76. The van der Waals surface area contributed by atoms with Crippen LogP contribution in [0.15, 0.2) is 52.4 Å². The van der Waals surface area contributed by atoms with Gasteiger partial charge in [0.1, 0.15) is 11.5 Å². The summed E-state index contributed by atoms with van der Waals surface area (Å²) < 4.78 is 18.7. The highest BCUT2D eigenvalue weighted by atomic mass is 35.5. The number of hydrogen-bond acceptors (Lipinski definition) is 4. The van der Waals surface area contributed by atoms with Gasteiger partial charge in [0, 0.05) is 42.8 Å². The number of nitrogens with zero attached hydrogens (tertiary/aromatic N) is 5. The third-order valence-electron chi connectivity index (χ3n) is 4.64. The molecule has 156 valence electrons. The second-order valence-electron chi connectivity index (χ2n) is 7.20. The molecule has 0 aliphatic rings. The molecule has 0 spiro atoms. The van der Waals surface area contributed by atoms with Gasteiger partial charge < -0.3 is 0 Å². The first-order chi connectivity index (χ1) is 14.8. The summed E-state index contributed by atoms with van der Waals surface area (Å²) in [4.78, 5) is 30.2. The van der Waals surface area contributed by atoms with Crippen LogP contribution < -0.4 is 11.2 Å². The molecular weight excluding hydrogens is 421 g/mol. The topological polar surface area (TPSA) is 74.7 Å². The maximum atomic E-state index is 15.1. The van der Waals surface area contributed by atoms with Crippen molar-refractivity contribution in [2.45, 2.75) is 19.9 Å². The van der Waals surface area contributed by atoms with Crippen molar-refractivity contribution in [3.05, 3.63) is 85.7 Å². The maximum Gasteiger partial charge on any atom is 0.336 e. The van der Waals surface area contributed by atoms with Crippen molar-refractivity contribution in [2.75, 3.05) is 0 Å². The normalized spacial score (nSPS) is 11.0. The number of halogens is 2. The van der Waals surface area contributed by atoms with Crippen LogP contribution in [-0.2, 0) is 7.05 Å². The lowest BCUT2D eigenvalue weighted by atomic mass is 10.1. The Balaban J connectivity index is 1.94. The number of hydrogen-bond donors (Lipinski definition) is 0. The summed E-state index contributed by atoms with van der Waals surface area (Å²) in [5.41, 5.74) is -0.398. The summed E-state index contributed by atoms with van der Waals surface area (Å²) in [5.74, 6) is 4.84. The molecule has 0 amide bonds. The lowest BCUT2D eigenvalue weighted by Gasteiger charge is -2.15. The van der Waals surface area contributed by atoms with Crippen LogP contribution in [0.3, 0.4) is 0 Å². The van der Waals surface area contributed by atoms with E-state index in [2.05, 4.69) is 21.9 Å². The van der Waals surface area contributed by atoms with Crippen molar-refractivity contribution in [1.82, 2.24) is 23.9 Å². The van der Waals surface area contributed by atoms with E-state index in [0.29, 0.717) is 16.6 Å². The average Bonchev–Trinajstić information content (AvgIpc) is 3.10. The zero-order valence-corrected chi connectivity index (χ0v) is 17.7. The molecule has 3 heterocycles. The van der Waals surface area contributed by atoms with E-state index in [9.17, 15) is 9.59 Å². The fourth-order valence-corrected chi connectivity index (χ4v) is 3.63. The standard InChI is InChI=1S/C22H17ClFN5O2/c1-13(2)28-18-12-27(3)26-19(18)21(30)29(22(28)31)20-16(23)9-15(10-17(20)24)7-6-14-5-4-8-25-11-14/h4-5,8-13H,1-3H3. The highest BCUT2D eigenvalue weighted by Gasteiger charge is 2.22. The molecule has 0 radical (unpaired) electrons. The first kappa shape index (κ1) is 20.6. The van der Waals surface area contributed by atoms with E-state index in [4.69, 9.17) is 11.6 Å². The minimum absolute atomic E-state index is 0.0479. The van der Waals surface area contributed by atoms with Gasteiger partial charge in [0.2, 0.25) is 0 Å². The van der Waals surface area contributed by atoms with E-state index in [1.807, 2.05) is 0 Å². The molecule has 0 aliphatic carbocycles. The van der Waals surface area contributed by atoms with E-state index < -0.39 is 17.1 Å². The van der Waals surface area contributed by atoms with E-state index >= 15 is 4.39 Å². The first-order valence-corrected chi connectivity index (χ1v) is 9.78. The summed E-state index contributed by atoms with van der Waals surface area (Å²) in [5, 5.41) is 4.04. The van der Waals surface area contributed by atoms with Gasteiger partial charge in [-0.25, -0.2) is 13.8 Å². The molecule has 0 bridgehead atoms. The van der Waals surface area contributed by atoms with Crippen molar-refractivity contribution < 1.29 is 4.39 Å². The molecule has 31 heavy (non-hydrogen) atoms. The molecule has 0 saturated carbocycles. The van der Waals surface area contributed by atoms with Crippen LogP contribution in [0.25, 0.3) is 16.7 Å². The number of aromatic nitrogens is 5. The quantitative estimate of drug-likeness (QED) is 0.452. The Labute approximate surface area is 181 Å². The van der Waals surface area contributed by atoms with Gasteiger partial charge in [0.25, 0.3) is 5.56 Å². The van der Waals surface area contributed by atoms with Gasteiger partial charge in [-0.1, -0.05) is 23.4 Å². The van der Waals surface area contributed by atoms with E-state index in [1.165, 1.54) is 15.3 Å². The minimum Gasteiger partial charge on any atom is -0.287 e. The van der Waals surface area contributed by atoms with Gasteiger partial charge in [-0.15, -0.1) is 0 Å². The van der Waals surface area contributed by atoms with E-state index in [1.54, 1.807) is 51.6 Å². The predicted octanol–water partition coefficient (Wildman–Crippen LogP) is 3.05. The molecule has 0 N–H and O–H groups in total. The maximum absolute atomic E-state index is 15.1. The van der Waals surface area contributed by atoms with Crippen molar-refractivity contribution in [2.24, 2.45) is 7.05 Å². The van der Waals surface area contributed by atoms with Gasteiger partial charge in [0.15, 0.2) is 5.52 Å². The van der Waals surface area contributed by atoms with Crippen LogP contribution in [-0.4, -0.2) is 23.9 Å². The summed E-state index contributed by atoms with van der Waals surface area (Å²) >= 11 is 6.33. The first-order valence-electron chi connectivity index (χ1n) is 9.40. The molecule has 0 unspecified atom stereocenters. The second kappa shape index (κ2) is 7.85. The summed E-state index contributed by atoms with van der Waals surface area (Å²) in [6.45, 7) is 3.58. The molecule has 0 saturated heterocycles. The third kappa shape index (κ3) is 3.64. The number of pyridine rings is 1. The Morgan fingerprint density at radius 1 is 1.16 bits per heavy atom. The van der Waals surface area contributed by atoms with Gasteiger partial charge in [-0.05, 0) is 38.1 Å². The van der Waals surface area contributed by atoms with Crippen LogP contribution in [0.5, 0.6) is 0 Å². The molecule has 3 aromatic heterocycles. The third-order valence-corrected chi connectivity index (χ3v) is 4.93. The van der Waals surface area contributed by atoms with Gasteiger partial charge in [-0.2, -0.15) is 5.10 Å². The summed E-state index contributed by atoms with van der Waals surface area (Å²) in [7, 11) is 1.64. The van der Waals surface area contributed by atoms with Crippen LogP contribution >= 0.6 is 11.6 Å². The number of aryl methyl sites for hydroxylation is 1. The van der Waals surface area contributed by atoms with Crippen LogP contribution in [0.1, 0.15) is 31.0 Å². The Hall–Kier alpha value is -3.70. The van der Waals surface area contributed by atoms with Crippen LogP contribution in [0.2, 0.25) is 5.02 Å². The largest absolute Gasteiger partial charge is 0.336 e. The van der Waals surface area contributed by atoms with Crippen molar-refractivity contribution in [3.63, 3.8) is 0 Å². The van der Waals surface area contributed by atoms with Gasteiger partial charge in [0.05, 0.1) is 10.5 Å². The smallest absolute Gasteiger partial charge is 0.287 e. The zero-order valence-electron chi connectivity index (χ0n) is 16.9. The molecule has 1 aromatic carbocycles. The Kier molecular flexibility index (Phi) is 5.21. The predicted molar refractivity (Wildman–Crippen MR) is 116 cm³/mol. The van der Waals surface area contributed by atoms with Gasteiger partial charge in [-0.3, -0.25) is 19.0 Å². The van der Waals surface area contributed by atoms with Gasteiger partial charge >= 0.3 is 5.69 Å². The number of rotatable bonds is 2. The monoisotopic (exact) mass is 437 g/mol. The fourth-order valence-electron chi connectivity index (χ4n) is 3.34. The van der Waals surface area contributed by atoms with E-state index in [0.717, 1.165) is 10.6 Å². The number of fused-ring (bicyclic) bond motifs is 1. The average molecular weight is 438 g/mol. The molecule has 7 nitrogen and oxygen atoms in total. The molecule has 0 aliphatic heterocycles. The lowest BCUT2D eigenvalue weighted by Crippen LogP contribution is -2.40. The Morgan fingerprint density at radius 3 is 2.55 bits per heavy atom. The highest BCUT2D eigenvalue weighted by molar-refractivity contribution is 6.32. The Bertz CT molecular complexity index is 1470. The van der Waals surface area contributed by atoms with Crippen molar-refractivity contribution >= 4 is 22.6 Å². The zero-order chi connectivity index (χ0) is 22.3. The lowest BCUT2D eigenvalue weighted by molar-refractivity contribution is 0.559. The molecule has 0 atom stereocenters. The molecule has 4 rings (SSSR count). The van der Waals surface area contributed by atoms with Crippen LogP contribution in [0, 0.1) is 17.7 Å². The second-order valence-corrected chi connectivity index (χ2v) is 7.61. The molecular formula is C22H17ClFN5O2. The number of benzene rings is 1. The SMILES string of the molecule is CC(C)n1c(=O)n(-c2c(F)cc(C#Cc3cccnc3)cc2Cl)c(=O)c2nn(C)cc21. The Morgan fingerprint density at radius 2 is 1.90 bits per heavy atom. The van der Waals surface area contributed by atoms with Crippen LogP contribution in [0.4, 0.5) is 4.39 Å². The highest BCUT2D eigenvalue weighted by Crippen LogP contribution is 2.24. The van der Waals surface area contributed by atoms with E-state index in [-0.39, 0.29) is 22.3 Å². The van der Waals surface area contributed by atoms with Crippen molar-refractivity contribution in [3.8, 4) is 17.5 Å². The van der Waals surface area contributed by atoms with Crippen molar-refractivity contribution in [1.29, 1.82) is 0 Å². The molecule has 0 fully saturated rings. The molecule has 9 heteroatoms. The minimum atomic E-state index is -0.840.